The van der Waals surface area contributed by atoms with E-state index in [4.69, 9.17) is 0 Å². The molecule has 0 spiro atoms. The van der Waals surface area contributed by atoms with Crippen LogP contribution in [0.25, 0.3) is 22.4 Å². The van der Waals surface area contributed by atoms with Gasteiger partial charge in [0.1, 0.15) is 12.4 Å². The van der Waals surface area contributed by atoms with Crippen molar-refractivity contribution in [2.24, 2.45) is 0 Å². The predicted octanol–water partition coefficient (Wildman–Crippen LogP) is 4.08. The standard InChI is InChI=1S/C24H29FN6O/c1-23-7-8-24(2,30-23)13-18(12-23)31(10-9-25)22-6-5-20(28-29-22)19-4-3-16(11-21(19)32)17-14-26-27-15-17/h3-6,11,14-15,18,30,32H,7-10,12-13H2,1-2H3,(H,26,27)/t18-,23+,24-. The molecule has 32 heavy (non-hydrogen) atoms. The minimum atomic E-state index is -0.433. The molecule has 4 heterocycles. The lowest BCUT2D eigenvalue weighted by Gasteiger charge is -2.46. The van der Waals surface area contributed by atoms with Crippen molar-refractivity contribution in [3.05, 3.63) is 42.7 Å². The van der Waals surface area contributed by atoms with E-state index in [1.54, 1.807) is 18.5 Å². The SMILES string of the molecule is C[C@]12CC[C@](C)(C[C@H](N(CCF)c3ccc(-c4ccc(-c5cn[nH]c5)cc4O)nn3)C1)N2. The van der Waals surface area contributed by atoms with E-state index in [0.29, 0.717) is 23.6 Å². The van der Waals surface area contributed by atoms with Crippen LogP contribution in [0.5, 0.6) is 5.75 Å². The molecule has 2 aliphatic rings. The number of aromatic hydroxyl groups is 1. The number of halogens is 1. The second-order valence-electron chi connectivity index (χ2n) is 9.69. The Morgan fingerprint density at radius 2 is 1.88 bits per heavy atom. The topological polar surface area (TPSA) is 90.0 Å². The van der Waals surface area contributed by atoms with Gasteiger partial charge in [0.25, 0.3) is 0 Å². The maximum atomic E-state index is 13.5. The molecule has 0 radical (unpaired) electrons. The van der Waals surface area contributed by atoms with Crippen LogP contribution < -0.4 is 10.2 Å². The normalized spacial score (nSPS) is 26.9. The molecule has 2 saturated heterocycles. The summed E-state index contributed by atoms with van der Waals surface area (Å²) in [4.78, 5) is 2.07. The van der Waals surface area contributed by atoms with E-state index in [9.17, 15) is 9.50 Å². The minimum Gasteiger partial charge on any atom is -0.507 e. The van der Waals surface area contributed by atoms with Crippen molar-refractivity contribution in [3.63, 3.8) is 0 Å². The highest BCUT2D eigenvalue weighted by molar-refractivity contribution is 5.73. The molecular weight excluding hydrogens is 407 g/mol. The Hall–Kier alpha value is -3.00. The molecule has 5 rings (SSSR count). The van der Waals surface area contributed by atoms with Crippen molar-refractivity contribution < 1.29 is 9.50 Å². The van der Waals surface area contributed by atoms with Crippen LogP contribution in [-0.4, -0.2) is 55.8 Å². The van der Waals surface area contributed by atoms with Crippen LogP contribution >= 0.6 is 0 Å². The zero-order chi connectivity index (χ0) is 22.3. The van der Waals surface area contributed by atoms with Gasteiger partial charge in [0.05, 0.1) is 11.9 Å². The molecule has 168 valence electrons. The third-order valence-corrected chi connectivity index (χ3v) is 7.02. The first-order chi connectivity index (χ1) is 15.4. The van der Waals surface area contributed by atoms with Crippen LogP contribution in [0.4, 0.5) is 10.2 Å². The van der Waals surface area contributed by atoms with Crippen LogP contribution in [0.2, 0.25) is 0 Å². The summed E-state index contributed by atoms with van der Waals surface area (Å²) >= 11 is 0. The van der Waals surface area contributed by atoms with Gasteiger partial charge in [-0.15, -0.1) is 10.2 Å². The Morgan fingerprint density at radius 3 is 2.47 bits per heavy atom. The summed E-state index contributed by atoms with van der Waals surface area (Å²) < 4.78 is 13.5. The number of aromatic nitrogens is 4. The summed E-state index contributed by atoms with van der Waals surface area (Å²) in [6.07, 6.45) is 7.68. The van der Waals surface area contributed by atoms with E-state index in [1.165, 1.54) is 0 Å². The van der Waals surface area contributed by atoms with Gasteiger partial charge in [0.2, 0.25) is 0 Å². The van der Waals surface area contributed by atoms with Crippen molar-refractivity contribution in [1.29, 1.82) is 0 Å². The zero-order valence-corrected chi connectivity index (χ0v) is 18.5. The number of fused-ring (bicyclic) bond motifs is 2. The van der Waals surface area contributed by atoms with Crippen LogP contribution in [0.1, 0.15) is 39.5 Å². The summed E-state index contributed by atoms with van der Waals surface area (Å²) in [6, 6.07) is 9.38. The molecular formula is C24H29FN6O. The van der Waals surface area contributed by atoms with Crippen molar-refractivity contribution in [1.82, 2.24) is 25.7 Å². The summed E-state index contributed by atoms with van der Waals surface area (Å²) in [6.45, 7) is 4.40. The third kappa shape index (κ3) is 3.83. The zero-order valence-electron chi connectivity index (χ0n) is 18.5. The number of piperidine rings is 1. The lowest BCUT2D eigenvalue weighted by molar-refractivity contribution is 0.203. The molecule has 7 nitrogen and oxygen atoms in total. The van der Waals surface area contributed by atoms with E-state index in [2.05, 4.69) is 44.5 Å². The molecule has 2 aliphatic heterocycles. The maximum absolute atomic E-state index is 13.5. The number of benzene rings is 1. The number of nitrogens with one attached hydrogen (secondary N) is 2. The molecule has 2 bridgehead atoms. The van der Waals surface area contributed by atoms with Crippen LogP contribution in [0, 0.1) is 0 Å². The number of phenols is 1. The highest BCUT2D eigenvalue weighted by atomic mass is 19.1. The lowest BCUT2D eigenvalue weighted by atomic mass is 9.84. The number of phenolic OH excluding ortho intramolecular Hbond substituents is 1. The first kappa shape index (κ1) is 20.9. The summed E-state index contributed by atoms with van der Waals surface area (Å²) in [5.74, 6) is 0.807. The average Bonchev–Trinajstić information content (AvgIpc) is 3.38. The summed E-state index contributed by atoms with van der Waals surface area (Å²) in [5.41, 5.74) is 3.11. The Labute approximate surface area is 187 Å². The maximum Gasteiger partial charge on any atom is 0.151 e. The lowest BCUT2D eigenvalue weighted by Crippen LogP contribution is -2.59. The number of alkyl halides is 1. The van der Waals surface area contributed by atoms with Gasteiger partial charge in [0, 0.05) is 41.0 Å². The number of anilines is 1. The van der Waals surface area contributed by atoms with E-state index < -0.39 is 6.67 Å². The second-order valence-corrected chi connectivity index (χ2v) is 9.69. The van der Waals surface area contributed by atoms with Crippen molar-refractivity contribution in [3.8, 4) is 28.1 Å². The fourth-order valence-electron chi connectivity index (χ4n) is 5.58. The van der Waals surface area contributed by atoms with E-state index in [-0.39, 0.29) is 22.9 Å². The van der Waals surface area contributed by atoms with Gasteiger partial charge in [-0.3, -0.25) is 5.10 Å². The molecule has 2 fully saturated rings. The number of H-pyrrole nitrogens is 1. The molecule has 3 N–H and O–H groups in total. The van der Waals surface area contributed by atoms with Crippen molar-refractivity contribution in [2.75, 3.05) is 18.1 Å². The number of hydrogen-bond donors (Lipinski definition) is 3. The minimum absolute atomic E-state index is 0.0854. The first-order valence-electron chi connectivity index (χ1n) is 11.2. The number of nitrogens with zero attached hydrogens (tertiary/aromatic N) is 4. The molecule has 2 aromatic heterocycles. The molecule has 0 aliphatic carbocycles. The Kier molecular flexibility index (Phi) is 5.12. The van der Waals surface area contributed by atoms with Crippen LogP contribution in [0.3, 0.4) is 0 Å². The van der Waals surface area contributed by atoms with E-state index in [1.807, 2.05) is 24.3 Å². The number of aromatic amines is 1. The smallest absolute Gasteiger partial charge is 0.151 e. The Bertz CT molecular complexity index is 1070. The Balaban J connectivity index is 1.39. The number of hydrogen-bond acceptors (Lipinski definition) is 6. The average molecular weight is 437 g/mol. The fraction of sp³-hybridized carbons (Fsp3) is 0.458. The summed E-state index contributed by atoms with van der Waals surface area (Å²) in [5, 5.41) is 29.9. The molecule has 0 unspecified atom stereocenters. The molecule has 3 aromatic rings. The molecule has 1 aromatic carbocycles. The largest absolute Gasteiger partial charge is 0.507 e. The second kappa shape index (κ2) is 7.85. The summed E-state index contributed by atoms with van der Waals surface area (Å²) in [7, 11) is 0. The number of rotatable bonds is 6. The highest BCUT2D eigenvalue weighted by Crippen LogP contribution is 2.44. The quantitative estimate of drug-likeness (QED) is 0.540. The first-order valence-corrected chi connectivity index (χ1v) is 11.2. The predicted molar refractivity (Wildman–Crippen MR) is 122 cm³/mol. The van der Waals surface area contributed by atoms with E-state index in [0.717, 1.165) is 36.8 Å². The van der Waals surface area contributed by atoms with Gasteiger partial charge < -0.3 is 15.3 Å². The van der Waals surface area contributed by atoms with E-state index >= 15 is 0 Å². The Morgan fingerprint density at radius 1 is 1.09 bits per heavy atom. The molecule has 0 saturated carbocycles. The van der Waals surface area contributed by atoms with Gasteiger partial charge in [0.15, 0.2) is 5.82 Å². The van der Waals surface area contributed by atoms with Gasteiger partial charge in [-0.05, 0) is 69.4 Å². The monoisotopic (exact) mass is 436 g/mol. The van der Waals surface area contributed by atoms with Gasteiger partial charge in [-0.2, -0.15) is 5.10 Å². The molecule has 0 amide bonds. The van der Waals surface area contributed by atoms with Crippen LogP contribution in [0.15, 0.2) is 42.7 Å². The van der Waals surface area contributed by atoms with Crippen LogP contribution in [-0.2, 0) is 0 Å². The van der Waals surface area contributed by atoms with Gasteiger partial charge in [-0.25, -0.2) is 4.39 Å². The third-order valence-electron chi connectivity index (χ3n) is 7.02. The van der Waals surface area contributed by atoms with Gasteiger partial charge in [-0.1, -0.05) is 6.07 Å². The van der Waals surface area contributed by atoms with Crippen molar-refractivity contribution >= 4 is 5.82 Å². The van der Waals surface area contributed by atoms with Gasteiger partial charge >= 0.3 is 0 Å². The fourth-order valence-corrected chi connectivity index (χ4v) is 5.58. The van der Waals surface area contributed by atoms with Crippen molar-refractivity contribution in [2.45, 2.75) is 56.7 Å². The highest BCUT2D eigenvalue weighted by Gasteiger charge is 2.49. The molecule has 3 atom stereocenters. The molecule has 8 heteroatoms.